The second-order valence-electron chi connectivity index (χ2n) is 12.6. The lowest BCUT2D eigenvalue weighted by atomic mass is 9.73. The van der Waals surface area contributed by atoms with Crippen LogP contribution in [0.25, 0.3) is 0 Å². The Morgan fingerprint density at radius 1 is 1.02 bits per heavy atom. The van der Waals surface area contributed by atoms with Gasteiger partial charge in [0.15, 0.2) is 0 Å². The van der Waals surface area contributed by atoms with Crippen LogP contribution in [0, 0.1) is 11.8 Å². The molecule has 4 rings (SSSR count). The van der Waals surface area contributed by atoms with E-state index in [2.05, 4.69) is 19.6 Å². The van der Waals surface area contributed by atoms with Gasteiger partial charge in [0, 0.05) is 24.0 Å². The van der Waals surface area contributed by atoms with Crippen LogP contribution in [-0.4, -0.2) is 97.5 Å². The number of ether oxygens (including phenoxy) is 3. The van der Waals surface area contributed by atoms with E-state index in [-0.39, 0.29) is 24.0 Å². The standard InChI is InChI=1S/C33H50O10/c1-6-8-18-12-22(35)26(21-11-17(5)9-10-20(21)16(3)4)24(13-18)43-33-31(40)32(29(38)23(7-2)42-33)41-25-14-19(15-34)27(36)30(39)28(25)37/h11-13,19-21,23,25,27-40H,3,6-10,14-15H2,1-2,4-5H3/t19-,20+,21-,23-,25-,27-,28+,29-,30+,31-,32+,33+/m1/s1. The normalized spacial score (nSPS) is 38.4. The Kier molecular flexibility index (Phi) is 11.3. The summed E-state index contributed by atoms with van der Waals surface area (Å²) in [4.78, 5) is 0. The Balaban J connectivity index is 1.69. The summed E-state index contributed by atoms with van der Waals surface area (Å²) < 4.78 is 18.5. The number of rotatable bonds is 10. The SMILES string of the molecule is C=C(C)[C@@H]1CCC(C)=C[C@H]1c1c(O)cc(CCC)cc1O[C@@H]1O[C@H](CC)[C@@H](O)[C@H](O[C@@H]2C[C@H](CO)[C@@H](O)[C@H](O)[C@H]2O)[C@H]1O. The van der Waals surface area contributed by atoms with Crippen LogP contribution < -0.4 is 4.74 Å². The molecule has 10 nitrogen and oxygen atoms in total. The van der Waals surface area contributed by atoms with E-state index in [9.17, 15) is 35.7 Å². The Labute approximate surface area is 254 Å². The van der Waals surface area contributed by atoms with Crippen LogP contribution in [0.3, 0.4) is 0 Å². The van der Waals surface area contributed by atoms with Gasteiger partial charge in [0.05, 0.1) is 18.3 Å². The van der Waals surface area contributed by atoms with Crippen LogP contribution in [0.15, 0.2) is 35.9 Å². The smallest absolute Gasteiger partial charge is 0.229 e. The number of phenols is 1. The fourth-order valence-corrected chi connectivity index (χ4v) is 6.86. The summed E-state index contributed by atoms with van der Waals surface area (Å²) in [7, 11) is 0. The van der Waals surface area contributed by atoms with Crippen LogP contribution in [0.4, 0.5) is 0 Å². The zero-order valence-electron chi connectivity index (χ0n) is 25.7. The third-order valence-electron chi connectivity index (χ3n) is 9.38. The first-order chi connectivity index (χ1) is 20.4. The highest BCUT2D eigenvalue weighted by atomic mass is 16.7. The number of benzene rings is 1. The van der Waals surface area contributed by atoms with Crippen molar-refractivity contribution in [3.63, 3.8) is 0 Å². The highest BCUT2D eigenvalue weighted by Gasteiger charge is 2.50. The number of aliphatic hydroxyl groups excluding tert-OH is 6. The van der Waals surface area contributed by atoms with Crippen LogP contribution in [0.2, 0.25) is 0 Å². The van der Waals surface area contributed by atoms with Gasteiger partial charge in [-0.25, -0.2) is 0 Å². The van der Waals surface area contributed by atoms with Crippen LogP contribution in [0.1, 0.15) is 76.8 Å². The van der Waals surface area contributed by atoms with Crippen LogP contribution in [0.5, 0.6) is 11.5 Å². The Bertz CT molecular complexity index is 1130. The van der Waals surface area contributed by atoms with Crippen molar-refractivity contribution in [3.8, 4) is 11.5 Å². The fraction of sp³-hybridized carbons (Fsp3) is 0.697. The van der Waals surface area contributed by atoms with Gasteiger partial charge < -0.3 is 50.0 Å². The van der Waals surface area contributed by atoms with Crippen molar-refractivity contribution in [1.29, 1.82) is 0 Å². The summed E-state index contributed by atoms with van der Waals surface area (Å²) in [5, 5.41) is 74.9. The molecule has 1 saturated heterocycles. The van der Waals surface area contributed by atoms with E-state index >= 15 is 0 Å². The molecule has 7 N–H and O–H groups in total. The molecule has 10 heteroatoms. The predicted molar refractivity (Wildman–Crippen MR) is 160 cm³/mol. The first-order valence-electron chi connectivity index (χ1n) is 15.6. The average molecular weight is 607 g/mol. The number of allylic oxidation sites excluding steroid dienone is 3. The maximum Gasteiger partial charge on any atom is 0.229 e. The van der Waals surface area contributed by atoms with Crippen molar-refractivity contribution in [2.45, 2.75) is 127 Å². The molecule has 0 aromatic heterocycles. The van der Waals surface area contributed by atoms with E-state index < -0.39 is 67.6 Å². The highest BCUT2D eigenvalue weighted by Crippen LogP contribution is 2.47. The zero-order valence-corrected chi connectivity index (χ0v) is 25.7. The van der Waals surface area contributed by atoms with Crippen molar-refractivity contribution in [1.82, 2.24) is 0 Å². The summed E-state index contributed by atoms with van der Waals surface area (Å²) in [5.41, 5.74) is 3.62. The number of aromatic hydroxyl groups is 1. The molecule has 1 aliphatic heterocycles. The predicted octanol–water partition coefficient (Wildman–Crippen LogP) is 2.44. The van der Waals surface area contributed by atoms with Crippen LogP contribution in [-0.2, 0) is 15.9 Å². The van der Waals surface area contributed by atoms with Gasteiger partial charge in [-0.1, -0.05) is 44.1 Å². The van der Waals surface area contributed by atoms with Gasteiger partial charge in [-0.3, -0.25) is 0 Å². The zero-order chi connectivity index (χ0) is 31.6. The summed E-state index contributed by atoms with van der Waals surface area (Å²) in [6.45, 7) is 11.7. The fourth-order valence-electron chi connectivity index (χ4n) is 6.86. The molecule has 1 aromatic rings. The summed E-state index contributed by atoms with van der Waals surface area (Å²) in [6, 6.07) is 3.61. The molecule has 0 bridgehead atoms. The van der Waals surface area contributed by atoms with Crippen molar-refractivity contribution in [3.05, 3.63) is 47.1 Å². The van der Waals surface area contributed by atoms with E-state index in [1.807, 2.05) is 26.8 Å². The van der Waals surface area contributed by atoms with E-state index in [0.29, 0.717) is 24.2 Å². The van der Waals surface area contributed by atoms with Gasteiger partial charge in [-0.15, -0.1) is 0 Å². The molecule has 0 unspecified atom stereocenters. The van der Waals surface area contributed by atoms with Gasteiger partial charge in [0.2, 0.25) is 6.29 Å². The molecule has 2 aliphatic carbocycles. The lowest BCUT2D eigenvalue weighted by molar-refractivity contribution is -0.300. The van der Waals surface area contributed by atoms with E-state index in [4.69, 9.17) is 14.2 Å². The van der Waals surface area contributed by atoms with Crippen LogP contribution >= 0.6 is 0 Å². The van der Waals surface area contributed by atoms with Crippen molar-refractivity contribution in [2.24, 2.45) is 11.8 Å². The third kappa shape index (κ3) is 7.12. The van der Waals surface area contributed by atoms with Crippen molar-refractivity contribution in [2.75, 3.05) is 6.61 Å². The molecular weight excluding hydrogens is 556 g/mol. The molecule has 12 atom stereocenters. The van der Waals surface area contributed by atoms with Gasteiger partial charge in [-0.2, -0.15) is 0 Å². The highest BCUT2D eigenvalue weighted by molar-refractivity contribution is 5.52. The average Bonchev–Trinajstić information content (AvgIpc) is 2.96. The summed E-state index contributed by atoms with van der Waals surface area (Å²) in [6.07, 6.45) is -5.84. The second-order valence-corrected chi connectivity index (χ2v) is 12.6. The Morgan fingerprint density at radius 2 is 1.74 bits per heavy atom. The molecule has 2 fully saturated rings. The molecule has 3 aliphatic rings. The van der Waals surface area contributed by atoms with Crippen molar-refractivity contribution >= 4 is 0 Å². The van der Waals surface area contributed by atoms with Crippen molar-refractivity contribution < 1.29 is 50.0 Å². The molecule has 43 heavy (non-hydrogen) atoms. The minimum atomic E-state index is -1.57. The van der Waals surface area contributed by atoms with Gasteiger partial charge in [-0.05, 0) is 69.6 Å². The number of hydrogen-bond donors (Lipinski definition) is 7. The third-order valence-corrected chi connectivity index (χ3v) is 9.38. The second kappa shape index (κ2) is 14.4. The largest absolute Gasteiger partial charge is 0.507 e. The molecule has 1 heterocycles. The quantitative estimate of drug-likeness (QED) is 0.196. The minimum Gasteiger partial charge on any atom is -0.507 e. The lowest BCUT2D eigenvalue weighted by Crippen LogP contribution is -2.63. The Hall–Kier alpha value is -2.02. The Morgan fingerprint density at radius 3 is 2.37 bits per heavy atom. The minimum absolute atomic E-state index is 0.00173. The molecule has 1 saturated carbocycles. The first-order valence-corrected chi connectivity index (χ1v) is 15.6. The van der Waals surface area contributed by atoms with Gasteiger partial charge >= 0.3 is 0 Å². The molecule has 1 aromatic carbocycles. The maximum absolute atomic E-state index is 11.5. The number of phenolic OH excluding ortho intramolecular Hbond substituents is 1. The van der Waals surface area contributed by atoms with E-state index in [0.717, 1.165) is 30.4 Å². The number of aliphatic hydroxyl groups is 6. The molecule has 0 amide bonds. The molecular formula is C33H50O10. The molecule has 242 valence electrons. The topological polar surface area (TPSA) is 169 Å². The van der Waals surface area contributed by atoms with E-state index in [1.54, 1.807) is 6.07 Å². The van der Waals surface area contributed by atoms with Gasteiger partial charge in [0.1, 0.15) is 42.0 Å². The van der Waals surface area contributed by atoms with E-state index in [1.165, 1.54) is 5.57 Å². The first kappa shape index (κ1) is 33.9. The monoisotopic (exact) mass is 606 g/mol. The number of aryl methyl sites for hydroxylation is 1. The van der Waals surface area contributed by atoms with Gasteiger partial charge in [0.25, 0.3) is 0 Å². The molecule has 0 spiro atoms. The maximum atomic E-state index is 11.5. The lowest BCUT2D eigenvalue weighted by Gasteiger charge is -2.46. The molecule has 0 radical (unpaired) electrons. The summed E-state index contributed by atoms with van der Waals surface area (Å²) in [5.74, 6) is -0.455. The summed E-state index contributed by atoms with van der Waals surface area (Å²) >= 11 is 0. The number of hydrogen-bond acceptors (Lipinski definition) is 10.